The molecule has 154 valence electrons. The van der Waals surface area contributed by atoms with Crippen molar-refractivity contribution in [3.63, 3.8) is 0 Å². The second-order valence-electron chi connectivity index (χ2n) is 7.62. The van der Waals surface area contributed by atoms with E-state index in [9.17, 15) is 4.79 Å². The summed E-state index contributed by atoms with van der Waals surface area (Å²) in [6.45, 7) is 1.90. The molecule has 0 N–H and O–H groups in total. The standard InChI is InChI=1S/C22H23N5O3/c1-14-24-22(27(25-14)17-9-11-23-12-10-17)21-20(15-3-7-18(29-2)8-4-15)26(16-5-6-16)19(28)13-30-21/h3-4,7-12,16,20-21H,5-6,13H2,1-2H3/t20-,21+/m1/s1. The number of aromatic nitrogens is 4. The van der Waals surface area contributed by atoms with E-state index < -0.39 is 6.10 Å². The highest BCUT2D eigenvalue weighted by Crippen LogP contribution is 2.45. The number of carbonyl (C=O) groups excluding carboxylic acids is 1. The Labute approximate surface area is 174 Å². The van der Waals surface area contributed by atoms with E-state index in [0.29, 0.717) is 11.6 Å². The molecular weight excluding hydrogens is 382 g/mol. The van der Waals surface area contributed by atoms with Gasteiger partial charge in [0.25, 0.3) is 0 Å². The Morgan fingerprint density at radius 3 is 2.50 bits per heavy atom. The summed E-state index contributed by atoms with van der Waals surface area (Å²) >= 11 is 0. The summed E-state index contributed by atoms with van der Waals surface area (Å²) < 4.78 is 13.2. The Morgan fingerprint density at radius 1 is 1.10 bits per heavy atom. The maximum atomic E-state index is 12.8. The van der Waals surface area contributed by atoms with Crippen molar-refractivity contribution >= 4 is 5.91 Å². The topological polar surface area (TPSA) is 82.4 Å². The molecule has 3 aromatic rings. The number of aryl methyl sites for hydroxylation is 1. The van der Waals surface area contributed by atoms with Crippen LogP contribution in [0.5, 0.6) is 5.75 Å². The zero-order chi connectivity index (χ0) is 20.7. The summed E-state index contributed by atoms with van der Waals surface area (Å²) in [6, 6.07) is 11.5. The molecule has 8 nitrogen and oxygen atoms in total. The summed E-state index contributed by atoms with van der Waals surface area (Å²) in [5.41, 5.74) is 1.84. The number of morpholine rings is 1. The van der Waals surface area contributed by atoms with Crippen LogP contribution in [0.3, 0.4) is 0 Å². The highest BCUT2D eigenvalue weighted by atomic mass is 16.5. The molecule has 2 atom stereocenters. The van der Waals surface area contributed by atoms with E-state index in [4.69, 9.17) is 14.5 Å². The van der Waals surface area contributed by atoms with Gasteiger partial charge in [0, 0.05) is 18.4 Å². The van der Waals surface area contributed by atoms with Gasteiger partial charge < -0.3 is 14.4 Å². The number of nitrogens with zero attached hydrogens (tertiary/aromatic N) is 5. The van der Waals surface area contributed by atoms with Crippen molar-refractivity contribution in [2.24, 2.45) is 0 Å². The third-order valence-corrected chi connectivity index (χ3v) is 5.56. The predicted molar refractivity (Wildman–Crippen MR) is 108 cm³/mol. The molecular formula is C22H23N5O3. The number of pyridine rings is 1. The summed E-state index contributed by atoms with van der Waals surface area (Å²) in [5, 5.41) is 4.59. The van der Waals surface area contributed by atoms with Crippen LogP contribution < -0.4 is 4.74 Å². The van der Waals surface area contributed by atoms with Gasteiger partial charge in [0.1, 0.15) is 24.3 Å². The lowest BCUT2D eigenvalue weighted by molar-refractivity contribution is -0.160. The van der Waals surface area contributed by atoms with Gasteiger partial charge in [0.15, 0.2) is 5.82 Å². The lowest BCUT2D eigenvalue weighted by Gasteiger charge is -2.41. The van der Waals surface area contributed by atoms with Gasteiger partial charge in [0.05, 0.1) is 18.8 Å². The molecule has 0 radical (unpaired) electrons. The monoisotopic (exact) mass is 405 g/mol. The van der Waals surface area contributed by atoms with Crippen LogP contribution in [-0.2, 0) is 9.53 Å². The van der Waals surface area contributed by atoms with Crippen molar-refractivity contribution in [3.05, 3.63) is 66.0 Å². The first-order valence-electron chi connectivity index (χ1n) is 10.1. The molecule has 0 unspecified atom stereocenters. The SMILES string of the molecule is COc1ccc([C@@H]2[C@@H](c3nc(C)nn3-c3ccncc3)OCC(=O)N2C2CC2)cc1. The fraction of sp³-hybridized carbons (Fsp3) is 0.364. The average molecular weight is 405 g/mol. The summed E-state index contributed by atoms with van der Waals surface area (Å²) in [4.78, 5) is 23.6. The Balaban J connectivity index is 1.61. The molecule has 1 saturated heterocycles. The first-order valence-corrected chi connectivity index (χ1v) is 10.1. The number of amides is 1. The van der Waals surface area contributed by atoms with Crippen molar-refractivity contribution in [1.82, 2.24) is 24.6 Å². The minimum Gasteiger partial charge on any atom is -0.497 e. The van der Waals surface area contributed by atoms with Crippen molar-refractivity contribution in [2.75, 3.05) is 13.7 Å². The molecule has 2 aromatic heterocycles. The van der Waals surface area contributed by atoms with E-state index in [1.807, 2.05) is 48.2 Å². The fourth-order valence-electron chi connectivity index (χ4n) is 4.05. The molecule has 1 aliphatic heterocycles. The molecule has 8 heteroatoms. The number of benzene rings is 1. The highest BCUT2D eigenvalue weighted by Gasteiger charge is 2.47. The summed E-state index contributed by atoms with van der Waals surface area (Å²) in [6.07, 6.45) is 5.03. The zero-order valence-electron chi connectivity index (χ0n) is 16.9. The Bertz CT molecular complexity index is 1050. The summed E-state index contributed by atoms with van der Waals surface area (Å²) in [7, 11) is 1.64. The molecule has 5 rings (SSSR count). The lowest BCUT2D eigenvalue weighted by Crippen LogP contribution is -2.47. The van der Waals surface area contributed by atoms with E-state index in [0.717, 1.165) is 29.8 Å². The Hall–Kier alpha value is -3.26. The number of ether oxygens (including phenoxy) is 2. The van der Waals surface area contributed by atoms with Crippen molar-refractivity contribution in [1.29, 1.82) is 0 Å². The Morgan fingerprint density at radius 2 is 1.83 bits per heavy atom. The molecule has 1 amide bonds. The molecule has 2 aliphatic rings. The van der Waals surface area contributed by atoms with Crippen LogP contribution >= 0.6 is 0 Å². The molecule has 0 spiro atoms. The van der Waals surface area contributed by atoms with E-state index >= 15 is 0 Å². The van der Waals surface area contributed by atoms with E-state index in [2.05, 4.69) is 10.1 Å². The number of hydrogen-bond donors (Lipinski definition) is 0. The van der Waals surface area contributed by atoms with Gasteiger partial charge >= 0.3 is 0 Å². The normalized spacial score (nSPS) is 21.7. The van der Waals surface area contributed by atoms with E-state index in [-0.39, 0.29) is 24.6 Å². The smallest absolute Gasteiger partial charge is 0.249 e. The number of rotatable bonds is 5. The largest absolute Gasteiger partial charge is 0.497 e. The molecule has 30 heavy (non-hydrogen) atoms. The number of carbonyl (C=O) groups is 1. The molecule has 0 bridgehead atoms. The van der Waals surface area contributed by atoms with Crippen LogP contribution in [0.25, 0.3) is 5.69 Å². The first kappa shape index (κ1) is 18.7. The van der Waals surface area contributed by atoms with Crippen molar-refractivity contribution in [2.45, 2.75) is 38.0 Å². The highest BCUT2D eigenvalue weighted by molar-refractivity contribution is 5.79. The van der Waals surface area contributed by atoms with Gasteiger partial charge in [-0.3, -0.25) is 9.78 Å². The molecule has 1 aromatic carbocycles. The van der Waals surface area contributed by atoms with Crippen LogP contribution in [0.1, 0.15) is 42.2 Å². The van der Waals surface area contributed by atoms with Crippen LogP contribution in [-0.4, -0.2) is 50.3 Å². The van der Waals surface area contributed by atoms with E-state index in [1.165, 1.54) is 0 Å². The van der Waals surface area contributed by atoms with Gasteiger partial charge in [-0.25, -0.2) is 9.67 Å². The lowest BCUT2D eigenvalue weighted by atomic mass is 9.96. The van der Waals surface area contributed by atoms with Crippen LogP contribution in [0.2, 0.25) is 0 Å². The maximum Gasteiger partial charge on any atom is 0.249 e. The van der Waals surface area contributed by atoms with Gasteiger partial charge in [-0.2, -0.15) is 5.10 Å². The molecule has 1 saturated carbocycles. The average Bonchev–Trinajstić information content (AvgIpc) is 3.55. The Kier molecular flexibility index (Phi) is 4.71. The predicted octanol–water partition coefficient (Wildman–Crippen LogP) is 2.78. The van der Waals surface area contributed by atoms with Crippen LogP contribution in [0.4, 0.5) is 0 Å². The van der Waals surface area contributed by atoms with Gasteiger partial charge in [-0.15, -0.1) is 0 Å². The minimum absolute atomic E-state index is 0.0151. The molecule has 2 fully saturated rings. The minimum atomic E-state index is -0.439. The van der Waals surface area contributed by atoms with Crippen LogP contribution in [0.15, 0.2) is 48.8 Å². The third kappa shape index (κ3) is 3.33. The van der Waals surface area contributed by atoms with Gasteiger partial charge in [-0.05, 0) is 49.6 Å². The number of methoxy groups -OCH3 is 1. The number of hydrogen-bond acceptors (Lipinski definition) is 6. The summed E-state index contributed by atoms with van der Waals surface area (Å²) in [5.74, 6) is 2.11. The second kappa shape index (κ2) is 7.53. The fourth-order valence-corrected chi connectivity index (χ4v) is 4.05. The quantitative estimate of drug-likeness (QED) is 0.649. The van der Waals surface area contributed by atoms with Gasteiger partial charge in [-0.1, -0.05) is 12.1 Å². The van der Waals surface area contributed by atoms with Crippen molar-refractivity contribution in [3.8, 4) is 11.4 Å². The third-order valence-electron chi connectivity index (χ3n) is 5.56. The maximum absolute atomic E-state index is 12.8. The van der Waals surface area contributed by atoms with Gasteiger partial charge in [0.2, 0.25) is 5.91 Å². The molecule has 3 heterocycles. The van der Waals surface area contributed by atoms with E-state index in [1.54, 1.807) is 24.2 Å². The van der Waals surface area contributed by atoms with Crippen LogP contribution in [0, 0.1) is 6.92 Å². The van der Waals surface area contributed by atoms with Crippen molar-refractivity contribution < 1.29 is 14.3 Å². The zero-order valence-corrected chi connectivity index (χ0v) is 16.9. The second-order valence-corrected chi connectivity index (χ2v) is 7.62. The first-order chi connectivity index (χ1) is 14.7. The molecule has 1 aliphatic carbocycles.